The summed E-state index contributed by atoms with van der Waals surface area (Å²) in [4.78, 5) is 14.6. The van der Waals surface area contributed by atoms with Gasteiger partial charge in [-0.25, -0.2) is 0 Å². The maximum atomic E-state index is 12.3. The first-order chi connectivity index (χ1) is 10.0. The number of carbonyl (C=O) groups excluding carboxylic acids is 1. The number of nitrogens with zero attached hydrogens (tertiary/aromatic N) is 1. The van der Waals surface area contributed by atoms with Crippen molar-refractivity contribution in [2.24, 2.45) is 0 Å². The molecule has 1 aliphatic rings. The Morgan fingerprint density at radius 1 is 1.38 bits per heavy atom. The molecule has 0 saturated carbocycles. The Hall–Kier alpha value is -1.75. The number of likely N-dealkylation sites (tertiary alicyclic amines) is 1. The summed E-state index contributed by atoms with van der Waals surface area (Å²) in [5.74, 6) is 0.594. The number of ether oxygens (including phenoxy) is 1. The van der Waals surface area contributed by atoms with Crippen LogP contribution in [0.15, 0.2) is 18.2 Å². The molecule has 3 N–H and O–H groups in total. The topological polar surface area (TPSA) is 67.6 Å². The number of carbonyl (C=O) groups is 1. The molecular weight excluding hydrogens is 266 g/mol. The Kier molecular flexibility index (Phi) is 5.07. The van der Waals surface area contributed by atoms with Crippen molar-refractivity contribution in [2.75, 3.05) is 24.7 Å². The zero-order chi connectivity index (χ0) is 15.4. The van der Waals surface area contributed by atoms with Gasteiger partial charge < -0.3 is 15.8 Å². The predicted octanol–water partition coefficient (Wildman–Crippen LogP) is 2.48. The van der Waals surface area contributed by atoms with E-state index in [0.717, 1.165) is 12.8 Å². The smallest absolute Gasteiger partial charge is 0.238 e. The Labute approximate surface area is 126 Å². The maximum absolute atomic E-state index is 12.3. The highest BCUT2D eigenvalue weighted by atomic mass is 16.5. The van der Waals surface area contributed by atoms with Gasteiger partial charge in [-0.3, -0.25) is 9.69 Å². The lowest BCUT2D eigenvalue weighted by molar-refractivity contribution is -0.118. The van der Waals surface area contributed by atoms with E-state index in [9.17, 15) is 4.79 Å². The fourth-order valence-electron chi connectivity index (χ4n) is 2.97. The van der Waals surface area contributed by atoms with Gasteiger partial charge in [-0.2, -0.15) is 0 Å². The Balaban J connectivity index is 2.03. The number of methoxy groups -OCH3 is 1. The molecule has 0 bridgehead atoms. The Morgan fingerprint density at radius 3 is 2.67 bits per heavy atom. The third-order valence-corrected chi connectivity index (χ3v) is 4.20. The molecule has 0 radical (unpaired) electrons. The summed E-state index contributed by atoms with van der Waals surface area (Å²) >= 11 is 0. The molecule has 5 heteroatoms. The van der Waals surface area contributed by atoms with E-state index >= 15 is 0 Å². The normalized spacial score (nSPS) is 22.8. The van der Waals surface area contributed by atoms with Crippen molar-refractivity contribution in [3.05, 3.63) is 18.2 Å². The standard InChI is InChI=1S/C16H25N3O2/c1-11-5-4-6-12(2)19(11)10-16(20)18-14-9-13(17)7-8-15(14)21-3/h7-9,11-12H,4-6,10,17H2,1-3H3,(H,18,20). The van der Waals surface area contributed by atoms with E-state index in [-0.39, 0.29) is 5.91 Å². The summed E-state index contributed by atoms with van der Waals surface area (Å²) in [5.41, 5.74) is 7.00. The molecule has 5 nitrogen and oxygen atoms in total. The van der Waals surface area contributed by atoms with Crippen molar-refractivity contribution in [1.29, 1.82) is 0 Å². The summed E-state index contributed by atoms with van der Waals surface area (Å²) < 4.78 is 5.25. The third-order valence-electron chi connectivity index (χ3n) is 4.20. The second-order valence-electron chi connectivity index (χ2n) is 5.81. The SMILES string of the molecule is COc1ccc(N)cc1NC(=O)CN1C(C)CCCC1C. The van der Waals surface area contributed by atoms with Crippen LogP contribution in [0.3, 0.4) is 0 Å². The fraction of sp³-hybridized carbons (Fsp3) is 0.562. The van der Waals surface area contributed by atoms with Gasteiger partial charge in [0.15, 0.2) is 0 Å². The van der Waals surface area contributed by atoms with Crippen molar-refractivity contribution in [1.82, 2.24) is 4.90 Å². The van der Waals surface area contributed by atoms with Gasteiger partial charge in [0.05, 0.1) is 19.3 Å². The van der Waals surface area contributed by atoms with Gasteiger partial charge in [0.25, 0.3) is 0 Å². The van der Waals surface area contributed by atoms with Crippen LogP contribution >= 0.6 is 0 Å². The highest BCUT2D eigenvalue weighted by Crippen LogP contribution is 2.27. The molecule has 1 aliphatic heterocycles. The summed E-state index contributed by atoms with van der Waals surface area (Å²) in [6.07, 6.45) is 3.54. The molecule has 2 unspecified atom stereocenters. The molecule has 2 rings (SSSR count). The largest absolute Gasteiger partial charge is 0.495 e. The van der Waals surface area contributed by atoms with Crippen LogP contribution in [0.25, 0.3) is 0 Å². The number of piperidine rings is 1. The molecule has 1 fully saturated rings. The Bertz CT molecular complexity index is 494. The molecule has 1 aromatic carbocycles. The lowest BCUT2D eigenvalue weighted by Crippen LogP contribution is -2.47. The predicted molar refractivity (Wildman–Crippen MR) is 85.5 cm³/mol. The molecule has 1 heterocycles. The first kappa shape index (κ1) is 15.6. The van der Waals surface area contributed by atoms with Crippen LogP contribution in [0, 0.1) is 0 Å². The molecule has 1 aromatic rings. The Morgan fingerprint density at radius 2 is 2.05 bits per heavy atom. The van der Waals surface area contributed by atoms with Gasteiger partial charge in [-0.05, 0) is 44.9 Å². The van der Waals surface area contributed by atoms with E-state index in [1.54, 1.807) is 25.3 Å². The van der Waals surface area contributed by atoms with Crippen molar-refractivity contribution in [3.63, 3.8) is 0 Å². The number of nitrogens with two attached hydrogens (primary N) is 1. The van der Waals surface area contributed by atoms with Crippen LogP contribution < -0.4 is 15.8 Å². The third kappa shape index (κ3) is 3.88. The molecule has 21 heavy (non-hydrogen) atoms. The zero-order valence-electron chi connectivity index (χ0n) is 13.1. The minimum atomic E-state index is -0.0282. The number of hydrogen-bond donors (Lipinski definition) is 2. The molecule has 0 aromatic heterocycles. The number of nitrogen functional groups attached to an aromatic ring is 1. The van der Waals surface area contributed by atoms with Crippen LogP contribution in [-0.4, -0.2) is 36.5 Å². The number of hydrogen-bond acceptors (Lipinski definition) is 4. The average Bonchev–Trinajstić information content (AvgIpc) is 2.43. The van der Waals surface area contributed by atoms with E-state index < -0.39 is 0 Å². The monoisotopic (exact) mass is 291 g/mol. The minimum Gasteiger partial charge on any atom is -0.495 e. The number of amides is 1. The van der Waals surface area contributed by atoms with Crippen molar-refractivity contribution < 1.29 is 9.53 Å². The van der Waals surface area contributed by atoms with Crippen LogP contribution in [0.1, 0.15) is 33.1 Å². The molecule has 116 valence electrons. The first-order valence-corrected chi connectivity index (χ1v) is 7.50. The second kappa shape index (κ2) is 6.80. The molecule has 1 saturated heterocycles. The zero-order valence-corrected chi connectivity index (χ0v) is 13.1. The van der Waals surface area contributed by atoms with Crippen LogP contribution in [0.4, 0.5) is 11.4 Å². The molecule has 0 spiro atoms. The van der Waals surface area contributed by atoms with E-state index in [1.807, 2.05) is 0 Å². The van der Waals surface area contributed by atoms with Crippen molar-refractivity contribution in [2.45, 2.75) is 45.2 Å². The lowest BCUT2D eigenvalue weighted by Gasteiger charge is -2.38. The van der Waals surface area contributed by atoms with Gasteiger partial charge >= 0.3 is 0 Å². The molecule has 2 atom stereocenters. The highest BCUT2D eigenvalue weighted by molar-refractivity contribution is 5.94. The quantitative estimate of drug-likeness (QED) is 0.836. The highest BCUT2D eigenvalue weighted by Gasteiger charge is 2.26. The van der Waals surface area contributed by atoms with E-state index in [4.69, 9.17) is 10.5 Å². The summed E-state index contributed by atoms with van der Waals surface area (Å²) in [6, 6.07) is 6.13. The number of rotatable bonds is 4. The number of benzene rings is 1. The number of nitrogens with one attached hydrogen (secondary N) is 1. The van der Waals surface area contributed by atoms with Gasteiger partial charge in [0.2, 0.25) is 5.91 Å². The second-order valence-corrected chi connectivity index (χ2v) is 5.81. The average molecular weight is 291 g/mol. The summed E-state index contributed by atoms with van der Waals surface area (Å²) in [6.45, 7) is 4.77. The molecular formula is C16H25N3O2. The van der Waals surface area contributed by atoms with E-state index in [1.165, 1.54) is 6.42 Å². The minimum absolute atomic E-state index is 0.0282. The van der Waals surface area contributed by atoms with Gasteiger partial charge in [-0.15, -0.1) is 0 Å². The van der Waals surface area contributed by atoms with E-state index in [2.05, 4.69) is 24.1 Å². The van der Waals surface area contributed by atoms with Crippen molar-refractivity contribution in [3.8, 4) is 5.75 Å². The van der Waals surface area contributed by atoms with Crippen LogP contribution in [0.2, 0.25) is 0 Å². The number of anilines is 2. The fourth-order valence-corrected chi connectivity index (χ4v) is 2.97. The van der Waals surface area contributed by atoms with Gasteiger partial charge in [0, 0.05) is 17.8 Å². The molecule has 0 aliphatic carbocycles. The molecule has 1 amide bonds. The van der Waals surface area contributed by atoms with Crippen LogP contribution in [-0.2, 0) is 4.79 Å². The first-order valence-electron chi connectivity index (χ1n) is 7.50. The van der Waals surface area contributed by atoms with Gasteiger partial charge in [-0.1, -0.05) is 6.42 Å². The van der Waals surface area contributed by atoms with Crippen LogP contribution in [0.5, 0.6) is 5.75 Å². The van der Waals surface area contributed by atoms with E-state index in [0.29, 0.717) is 35.8 Å². The summed E-state index contributed by atoms with van der Waals surface area (Å²) in [5, 5.41) is 2.91. The van der Waals surface area contributed by atoms with Gasteiger partial charge in [0.1, 0.15) is 5.75 Å². The lowest BCUT2D eigenvalue weighted by atomic mass is 9.97. The maximum Gasteiger partial charge on any atom is 0.238 e. The summed E-state index contributed by atoms with van der Waals surface area (Å²) in [7, 11) is 1.58. The van der Waals surface area contributed by atoms with Crippen molar-refractivity contribution >= 4 is 17.3 Å².